The van der Waals surface area contributed by atoms with E-state index in [1.165, 1.54) is 0 Å². The molecular weight excluding hydrogens is 330 g/mol. The Morgan fingerprint density at radius 2 is 1.86 bits per heavy atom. The van der Waals surface area contributed by atoms with Gasteiger partial charge in [0.25, 0.3) is 0 Å². The zero-order valence-electron chi connectivity index (χ0n) is 13.4. The van der Waals surface area contributed by atoms with Gasteiger partial charge in [-0.15, -0.1) is 0 Å². The van der Waals surface area contributed by atoms with Gasteiger partial charge in [-0.25, -0.2) is 9.97 Å². The molecule has 21 heavy (non-hydrogen) atoms. The minimum Gasteiger partial charge on any atom is -0.466 e. The van der Waals surface area contributed by atoms with Gasteiger partial charge in [0.15, 0.2) is 0 Å². The van der Waals surface area contributed by atoms with E-state index in [9.17, 15) is 0 Å². The van der Waals surface area contributed by atoms with Crippen molar-refractivity contribution in [1.82, 2.24) is 9.97 Å². The van der Waals surface area contributed by atoms with Crippen molar-refractivity contribution in [2.24, 2.45) is 0 Å². The number of aromatic nitrogens is 2. The molecule has 0 aliphatic rings. The van der Waals surface area contributed by atoms with E-state index in [0.29, 0.717) is 0 Å². The molecule has 0 aromatic carbocycles. The molecule has 0 saturated carbocycles. The Kier molecular flexibility index (Phi) is 4.42. The smallest absolute Gasteiger partial charge is 0.137 e. The van der Waals surface area contributed by atoms with Crippen LogP contribution in [0.25, 0.3) is 0 Å². The van der Waals surface area contributed by atoms with Crippen LogP contribution in [0.5, 0.6) is 0 Å². The summed E-state index contributed by atoms with van der Waals surface area (Å²) in [6, 6.07) is 4.08. The van der Waals surface area contributed by atoms with E-state index >= 15 is 0 Å². The van der Waals surface area contributed by atoms with Crippen LogP contribution < -0.4 is 5.32 Å². The largest absolute Gasteiger partial charge is 0.466 e. The molecule has 0 bridgehead atoms. The number of halogens is 1. The summed E-state index contributed by atoms with van der Waals surface area (Å²) in [5.74, 6) is 3.49. The van der Waals surface area contributed by atoms with Gasteiger partial charge in [-0.2, -0.15) is 0 Å². The summed E-state index contributed by atoms with van der Waals surface area (Å²) in [7, 11) is 0. The highest BCUT2D eigenvalue weighted by atomic mass is 79.9. The van der Waals surface area contributed by atoms with Gasteiger partial charge in [-0.3, -0.25) is 0 Å². The molecule has 2 heterocycles. The van der Waals surface area contributed by atoms with Gasteiger partial charge in [-0.1, -0.05) is 20.8 Å². The maximum absolute atomic E-state index is 5.59. The molecule has 0 fully saturated rings. The highest BCUT2D eigenvalue weighted by Crippen LogP contribution is 2.27. The highest BCUT2D eigenvalue weighted by molar-refractivity contribution is 9.10. The summed E-state index contributed by atoms with van der Waals surface area (Å²) < 4.78 is 6.38. The third-order valence-corrected chi connectivity index (χ3v) is 3.68. The van der Waals surface area contributed by atoms with E-state index in [2.05, 4.69) is 65.0 Å². The number of nitrogens with zero attached hydrogens (tertiary/aromatic N) is 2. The number of nitrogens with one attached hydrogen (secondary N) is 1. The molecular formula is C16H22BrN3O. The Bertz CT molecular complexity index is 643. The van der Waals surface area contributed by atoms with E-state index in [-0.39, 0.29) is 11.5 Å². The van der Waals surface area contributed by atoms with Gasteiger partial charge in [-0.05, 0) is 42.8 Å². The Morgan fingerprint density at radius 3 is 2.38 bits per heavy atom. The normalized spacial score (nSPS) is 13.3. The van der Waals surface area contributed by atoms with Gasteiger partial charge >= 0.3 is 0 Å². The molecule has 0 amide bonds. The van der Waals surface area contributed by atoms with Crippen LogP contribution in [-0.2, 0) is 5.41 Å². The molecule has 0 aliphatic carbocycles. The lowest BCUT2D eigenvalue weighted by atomic mass is 9.96. The summed E-state index contributed by atoms with van der Waals surface area (Å²) in [6.07, 6.45) is 0. The molecule has 0 spiro atoms. The Hall–Kier alpha value is -1.36. The average molecular weight is 352 g/mol. The topological polar surface area (TPSA) is 51.0 Å². The Labute approximate surface area is 134 Å². The molecule has 2 rings (SSSR count). The number of furan rings is 1. The highest BCUT2D eigenvalue weighted by Gasteiger charge is 2.20. The second kappa shape index (κ2) is 5.79. The molecule has 0 radical (unpaired) electrons. The number of aryl methyl sites for hydroxylation is 2. The quantitative estimate of drug-likeness (QED) is 0.797. The van der Waals surface area contributed by atoms with Gasteiger partial charge in [0.05, 0.1) is 6.04 Å². The van der Waals surface area contributed by atoms with E-state index < -0.39 is 0 Å². The third kappa shape index (κ3) is 3.84. The second-order valence-corrected chi connectivity index (χ2v) is 7.20. The molecule has 114 valence electrons. The van der Waals surface area contributed by atoms with Crippen LogP contribution in [0.2, 0.25) is 0 Å². The lowest BCUT2D eigenvalue weighted by Crippen LogP contribution is -2.18. The van der Waals surface area contributed by atoms with E-state index in [4.69, 9.17) is 4.42 Å². The molecule has 0 aliphatic heterocycles. The molecule has 2 aromatic heterocycles. The van der Waals surface area contributed by atoms with Crippen LogP contribution in [0.3, 0.4) is 0 Å². The lowest BCUT2D eigenvalue weighted by Gasteiger charge is -2.19. The maximum Gasteiger partial charge on any atom is 0.137 e. The summed E-state index contributed by atoms with van der Waals surface area (Å²) >= 11 is 3.46. The fraction of sp³-hybridized carbons (Fsp3) is 0.500. The van der Waals surface area contributed by atoms with Crippen molar-refractivity contribution in [3.05, 3.63) is 39.6 Å². The summed E-state index contributed by atoms with van der Waals surface area (Å²) in [6.45, 7) is 12.4. The number of rotatable bonds is 3. The van der Waals surface area contributed by atoms with Crippen LogP contribution >= 0.6 is 15.9 Å². The van der Waals surface area contributed by atoms with E-state index in [0.717, 1.165) is 33.3 Å². The Morgan fingerprint density at radius 1 is 1.19 bits per heavy atom. The number of anilines is 1. The van der Waals surface area contributed by atoms with E-state index in [1.54, 1.807) is 0 Å². The molecule has 2 aromatic rings. The number of hydrogen-bond donors (Lipinski definition) is 1. The molecule has 1 atom stereocenters. The van der Waals surface area contributed by atoms with Crippen LogP contribution in [0.15, 0.2) is 21.2 Å². The van der Waals surface area contributed by atoms with Crippen molar-refractivity contribution in [3.63, 3.8) is 0 Å². The first kappa shape index (κ1) is 16.0. The fourth-order valence-corrected chi connectivity index (χ4v) is 2.59. The Balaban J connectivity index is 2.27. The molecule has 1 unspecified atom stereocenters. The first-order valence-electron chi connectivity index (χ1n) is 7.05. The standard InChI is InChI=1S/C16H22BrN3O/c1-9-7-12(11(3)21-9)10(2)18-14-8-13(17)19-15(20-14)16(4,5)6/h7-8,10H,1-6H3,(H,18,19,20). The molecule has 4 nitrogen and oxygen atoms in total. The molecule has 0 saturated heterocycles. The maximum atomic E-state index is 5.59. The predicted octanol–water partition coefficient (Wildman–Crippen LogP) is 4.92. The van der Waals surface area contributed by atoms with Crippen LogP contribution in [0, 0.1) is 13.8 Å². The van der Waals surface area contributed by atoms with E-state index in [1.807, 2.05) is 19.9 Å². The summed E-state index contributed by atoms with van der Waals surface area (Å²) in [5.41, 5.74) is 1.06. The van der Waals surface area contributed by atoms with Gasteiger partial charge < -0.3 is 9.73 Å². The lowest BCUT2D eigenvalue weighted by molar-refractivity contribution is 0.499. The second-order valence-electron chi connectivity index (χ2n) is 6.38. The minimum atomic E-state index is -0.0917. The zero-order valence-corrected chi connectivity index (χ0v) is 15.0. The van der Waals surface area contributed by atoms with Crippen molar-refractivity contribution in [1.29, 1.82) is 0 Å². The van der Waals surface area contributed by atoms with Gasteiger partial charge in [0, 0.05) is 17.0 Å². The third-order valence-electron chi connectivity index (χ3n) is 3.28. The monoisotopic (exact) mass is 351 g/mol. The fourth-order valence-electron chi connectivity index (χ4n) is 2.21. The first-order valence-corrected chi connectivity index (χ1v) is 7.84. The van der Waals surface area contributed by atoms with Crippen molar-refractivity contribution >= 4 is 21.7 Å². The molecule has 5 heteroatoms. The van der Waals surface area contributed by atoms with Crippen molar-refractivity contribution in [2.45, 2.75) is 53.0 Å². The van der Waals surface area contributed by atoms with Crippen LogP contribution in [-0.4, -0.2) is 9.97 Å². The molecule has 1 N–H and O–H groups in total. The van der Waals surface area contributed by atoms with Crippen molar-refractivity contribution in [3.8, 4) is 0 Å². The van der Waals surface area contributed by atoms with Crippen molar-refractivity contribution in [2.75, 3.05) is 5.32 Å². The van der Waals surface area contributed by atoms with Crippen LogP contribution in [0.1, 0.15) is 56.6 Å². The van der Waals surface area contributed by atoms with Gasteiger partial charge in [0.1, 0.15) is 27.8 Å². The van der Waals surface area contributed by atoms with Crippen molar-refractivity contribution < 1.29 is 4.42 Å². The van der Waals surface area contributed by atoms with Gasteiger partial charge in [0.2, 0.25) is 0 Å². The average Bonchev–Trinajstić information content (AvgIpc) is 2.66. The van der Waals surface area contributed by atoms with Crippen LogP contribution in [0.4, 0.5) is 5.82 Å². The SMILES string of the molecule is Cc1cc(C(C)Nc2cc(Br)nc(C(C)(C)C)n2)c(C)o1. The number of hydrogen-bond acceptors (Lipinski definition) is 4. The summed E-state index contributed by atoms with van der Waals surface area (Å²) in [5, 5.41) is 3.42. The minimum absolute atomic E-state index is 0.0917. The zero-order chi connectivity index (χ0) is 15.8. The predicted molar refractivity (Wildman–Crippen MR) is 88.7 cm³/mol. The first-order chi connectivity index (χ1) is 9.66. The summed E-state index contributed by atoms with van der Waals surface area (Å²) in [4.78, 5) is 9.08.